The predicted octanol–water partition coefficient (Wildman–Crippen LogP) is 4.53. The number of nitrogens with one attached hydrogen (secondary N) is 1. The summed E-state index contributed by atoms with van der Waals surface area (Å²) in [6, 6.07) is 9.18. The van der Waals surface area contributed by atoms with Gasteiger partial charge in [-0.15, -0.1) is 0 Å². The van der Waals surface area contributed by atoms with Crippen LogP contribution >= 0.6 is 11.6 Å². The quantitative estimate of drug-likeness (QED) is 0.486. The van der Waals surface area contributed by atoms with Crippen LogP contribution in [0.2, 0.25) is 5.15 Å². The largest absolute Gasteiger partial charge is 0.496 e. The van der Waals surface area contributed by atoms with Crippen LogP contribution in [0.25, 0.3) is 11.0 Å². The van der Waals surface area contributed by atoms with E-state index in [0.717, 1.165) is 16.5 Å². The molecule has 0 saturated carbocycles. The molecule has 0 aliphatic carbocycles. The molecule has 0 aliphatic rings. The second-order valence-electron chi connectivity index (χ2n) is 6.43. The number of H-pyrrole nitrogens is 1. The van der Waals surface area contributed by atoms with E-state index >= 15 is 0 Å². The number of halogens is 2. The fourth-order valence-corrected chi connectivity index (χ4v) is 3.46. The van der Waals surface area contributed by atoms with E-state index in [2.05, 4.69) is 19.9 Å². The van der Waals surface area contributed by atoms with Gasteiger partial charge in [-0.05, 0) is 42.2 Å². The molecule has 0 radical (unpaired) electrons. The lowest BCUT2D eigenvalue weighted by Crippen LogP contribution is -2.02. The van der Waals surface area contributed by atoms with Gasteiger partial charge in [0.05, 0.1) is 12.5 Å². The Morgan fingerprint density at radius 3 is 2.71 bits per heavy atom. The number of ether oxygens (including phenoxy) is 1. The number of hydrogen-bond acceptors (Lipinski definition) is 4. The molecule has 4 aromatic heterocycles. The summed E-state index contributed by atoms with van der Waals surface area (Å²) < 4.78 is 20.0. The van der Waals surface area contributed by atoms with Crippen LogP contribution in [0.15, 0.2) is 48.9 Å². The summed E-state index contributed by atoms with van der Waals surface area (Å²) in [4.78, 5) is 15.6. The molecule has 5 nitrogen and oxygen atoms in total. The van der Waals surface area contributed by atoms with Crippen molar-refractivity contribution in [3.63, 3.8) is 0 Å². The van der Waals surface area contributed by atoms with Crippen LogP contribution in [-0.2, 0) is 19.3 Å². The van der Waals surface area contributed by atoms with E-state index in [-0.39, 0.29) is 0 Å². The van der Waals surface area contributed by atoms with Crippen LogP contribution in [-0.4, -0.2) is 27.0 Å². The van der Waals surface area contributed by atoms with Gasteiger partial charge in [0.15, 0.2) is 0 Å². The van der Waals surface area contributed by atoms with Gasteiger partial charge < -0.3 is 9.72 Å². The van der Waals surface area contributed by atoms with Crippen molar-refractivity contribution in [1.82, 2.24) is 19.9 Å². The standard InChI is InChI=1S/C21H18ClFN4O/c1-28-17-8-10-25-21-18(17)15(12-26-21)11-14-5-7-16(27-20(14)23)6-4-13-3-2-9-24-19(13)22/h2-3,5,7-10,12H,4,6,11H2,1H3,(H,25,26). The van der Waals surface area contributed by atoms with E-state index in [1.165, 1.54) is 0 Å². The molecule has 4 rings (SSSR count). The zero-order valence-corrected chi connectivity index (χ0v) is 16.0. The zero-order chi connectivity index (χ0) is 19.5. The molecule has 0 amide bonds. The Bertz CT molecular complexity index is 1130. The lowest BCUT2D eigenvalue weighted by atomic mass is 10.0. The minimum atomic E-state index is -0.466. The highest BCUT2D eigenvalue weighted by Gasteiger charge is 2.14. The van der Waals surface area contributed by atoms with Crippen molar-refractivity contribution in [2.45, 2.75) is 19.3 Å². The molecule has 1 N–H and O–H groups in total. The smallest absolute Gasteiger partial charge is 0.216 e. The maximum Gasteiger partial charge on any atom is 0.216 e. The number of aromatic nitrogens is 4. The fourth-order valence-electron chi connectivity index (χ4n) is 3.25. The highest BCUT2D eigenvalue weighted by atomic mass is 35.5. The second kappa shape index (κ2) is 7.94. The lowest BCUT2D eigenvalue weighted by Gasteiger charge is -2.07. The summed E-state index contributed by atoms with van der Waals surface area (Å²) in [6.45, 7) is 0. The Hall–Kier alpha value is -2.99. The molecule has 0 bridgehead atoms. The van der Waals surface area contributed by atoms with Crippen molar-refractivity contribution in [3.05, 3.63) is 82.4 Å². The van der Waals surface area contributed by atoms with Crippen LogP contribution in [0, 0.1) is 5.95 Å². The Morgan fingerprint density at radius 1 is 1.04 bits per heavy atom. The molecule has 28 heavy (non-hydrogen) atoms. The number of methoxy groups -OCH3 is 1. The maximum absolute atomic E-state index is 14.6. The Balaban J connectivity index is 1.53. The molecule has 142 valence electrons. The van der Waals surface area contributed by atoms with Gasteiger partial charge >= 0.3 is 0 Å². The number of fused-ring (bicyclic) bond motifs is 1. The summed E-state index contributed by atoms with van der Waals surface area (Å²) in [5.74, 6) is 0.242. The Morgan fingerprint density at radius 2 is 1.93 bits per heavy atom. The van der Waals surface area contributed by atoms with Crippen LogP contribution in [0.1, 0.15) is 22.4 Å². The number of nitrogens with zero attached hydrogens (tertiary/aromatic N) is 3. The minimum absolute atomic E-state index is 0.398. The number of hydrogen-bond donors (Lipinski definition) is 1. The highest BCUT2D eigenvalue weighted by molar-refractivity contribution is 6.30. The molecule has 0 saturated heterocycles. The van der Waals surface area contributed by atoms with Gasteiger partial charge in [0.1, 0.15) is 16.5 Å². The lowest BCUT2D eigenvalue weighted by molar-refractivity contribution is 0.419. The maximum atomic E-state index is 14.6. The summed E-state index contributed by atoms with van der Waals surface area (Å²) in [7, 11) is 1.61. The van der Waals surface area contributed by atoms with Crippen molar-refractivity contribution in [3.8, 4) is 5.75 Å². The normalized spacial score (nSPS) is 11.1. The van der Waals surface area contributed by atoms with Crippen LogP contribution in [0.4, 0.5) is 4.39 Å². The topological polar surface area (TPSA) is 63.7 Å². The molecule has 0 unspecified atom stereocenters. The van der Waals surface area contributed by atoms with E-state index in [4.69, 9.17) is 16.3 Å². The van der Waals surface area contributed by atoms with Gasteiger partial charge in [-0.1, -0.05) is 23.7 Å². The van der Waals surface area contributed by atoms with E-state index in [1.807, 2.05) is 24.4 Å². The molecule has 4 aromatic rings. The summed E-state index contributed by atoms with van der Waals surface area (Å²) in [5.41, 5.74) is 3.76. The third-order valence-electron chi connectivity index (χ3n) is 4.69. The average Bonchev–Trinajstić information content (AvgIpc) is 3.12. The average molecular weight is 397 g/mol. The third kappa shape index (κ3) is 3.68. The third-order valence-corrected chi connectivity index (χ3v) is 5.03. The van der Waals surface area contributed by atoms with Crippen molar-refractivity contribution in [2.75, 3.05) is 7.11 Å². The van der Waals surface area contributed by atoms with Gasteiger partial charge in [0, 0.05) is 36.3 Å². The highest BCUT2D eigenvalue weighted by Crippen LogP contribution is 2.29. The molecule has 4 heterocycles. The summed E-state index contributed by atoms with van der Waals surface area (Å²) in [6.07, 6.45) is 6.80. The minimum Gasteiger partial charge on any atom is -0.496 e. The van der Waals surface area contributed by atoms with Crippen molar-refractivity contribution >= 4 is 22.6 Å². The van der Waals surface area contributed by atoms with Gasteiger partial charge in [0.2, 0.25) is 5.95 Å². The molecule has 0 spiro atoms. The van der Waals surface area contributed by atoms with E-state index in [1.54, 1.807) is 31.6 Å². The molecular weight excluding hydrogens is 379 g/mol. The fraction of sp³-hybridized carbons (Fsp3) is 0.190. The number of pyridine rings is 3. The second-order valence-corrected chi connectivity index (χ2v) is 6.79. The SMILES string of the molecule is COc1ccnc2[nH]cc(Cc3ccc(CCc4cccnc4Cl)nc3F)c12. The predicted molar refractivity (Wildman–Crippen MR) is 106 cm³/mol. The molecule has 0 aromatic carbocycles. The Labute approximate surface area is 166 Å². The van der Waals surface area contributed by atoms with Crippen molar-refractivity contribution in [2.24, 2.45) is 0 Å². The van der Waals surface area contributed by atoms with Gasteiger partial charge in [-0.2, -0.15) is 4.39 Å². The molecule has 0 fully saturated rings. The molecule has 7 heteroatoms. The van der Waals surface area contributed by atoms with Gasteiger partial charge in [0.25, 0.3) is 0 Å². The van der Waals surface area contributed by atoms with Gasteiger partial charge in [-0.25, -0.2) is 15.0 Å². The Kier molecular flexibility index (Phi) is 5.21. The van der Waals surface area contributed by atoms with Crippen molar-refractivity contribution in [1.29, 1.82) is 0 Å². The van der Waals surface area contributed by atoms with E-state index < -0.39 is 5.95 Å². The van der Waals surface area contributed by atoms with E-state index in [9.17, 15) is 4.39 Å². The van der Waals surface area contributed by atoms with Gasteiger partial charge in [-0.3, -0.25) is 0 Å². The van der Waals surface area contributed by atoms with Crippen LogP contribution in [0.3, 0.4) is 0 Å². The van der Waals surface area contributed by atoms with E-state index in [0.29, 0.717) is 47.1 Å². The van der Waals surface area contributed by atoms with Crippen LogP contribution in [0.5, 0.6) is 5.75 Å². The summed E-state index contributed by atoms with van der Waals surface area (Å²) >= 11 is 6.07. The molecular formula is C21H18ClFN4O. The zero-order valence-electron chi connectivity index (χ0n) is 15.2. The number of rotatable bonds is 6. The molecule has 0 atom stereocenters. The van der Waals surface area contributed by atoms with Crippen LogP contribution < -0.4 is 4.74 Å². The first-order valence-corrected chi connectivity index (χ1v) is 9.26. The number of aryl methyl sites for hydroxylation is 2. The first-order chi connectivity index (χ1) is 13.7. The molecule has 0 aliphatic heterocycles. The first kappa shape index (κ1) is 18.4. The monoisotopic (exact) mass is 396 g/mol. The summed E-state index contributed by atoms with van der Waals surface area (Å²) in [5, 5.41) is 1.33. The van der Waals surface area contributed by atoms with Crippen molar-refractivity contribution < 1.29 is 9.13 Å². The first-order valence-electron chi connectivity index (χ1n) is 8.88. The number of aromatic amines is 1.